The lowest BCUT2D eigenvalue weighted by Gasteiger charge is -2.31. The summed E-state index contributed by atoms with van der Waals surface area (Å²) < 4.78 is 40.1. The van der Waals surface area contributed by atoms with Gasteiger partial charge in [-0.1, -0.05) is 45.9 Å². The lowest BCUT2D eigenvalue weighted by Crippen LogP contribution is -2.47. The molecule has 2 aromatic carbocycles. The zero-order valence-corrected chi connectivity index (χ0v) is 34.3. The molecule has 0 radical (unpaired) electrons. The van der Waals surface area contributed by atoms with Gasteiger partial charge in [0.15, 0.2) is 0 Å². The Labute approximate surface area is 301 Å². The zero-order valence-electron chi connectivity index (χ0n) is 28.2. The first-order valence-electron chi connectivity index (χ1n) is 16.4. The SMILES string of the molecule is CCO[Si](CC(CSSSCC(C[Si](OCC)(OCC)OCC)c1nc2ccccc2s1)c1nc2ccccc2s1)(OCC)OCC. The van der Waals surface area contributed by atoms with Crippen molar-refractivity contribution in [2.24, 2.45) is 0 Å². The van der Waals surface area contributed by atoms with E-state index in [-0.39, 0.29) is 11.8 Å². The number of rotatable bonds is 24. The number of benzene rings is 2. The second-order valence-electron chi connectivity index (χ2n) is 10.4. The van der Waals surface area contributed by atoms with Crippen molar-refractivity contribution in [2.75, 3.05) is 51.1 Å². The monoisotopic (exact) mass is 772 g/mol. The van der Waals surface area contributed by atoms with Gasteiger partial charge < -0.3 is 26.6 Å². The summed E-state index contributed by atoms with van der Waals surface area (Å²) in [6.07, 6.45) is 0. The van der Waals surface area contributed by atoms with Crippen LogP contribution in [0.2, 0.25) is 12.1 Å². The molecule has 2 aromatic heterocycles. The van der Waals surface area contributed by atoms with E-state index in [1.54, 1.807) is 22.7 Å². The first-order chi connectivity index (χ1) is 22.9. The van der Waals surface area contributed by atoms with Crippen LogP contribution < -0.4 is 0 Å². The number of nitrogens with zero attached hydrogens (tertiary/aromatic N) is 2. The van der Waals surface area contributed by atoms with Gasteiger partial charge in [-0.15, -0.1) is 22.7 Å². The van der Waals surface area contributed by atoms with Crippen molar-refractivity contribution < 1.29 is 26.6 Å². The molecule has 0 saturated heterocycles. The van der Waals surface area contributed by atoms with Gasteiger partial charge in [-0.05, 0) is 75.6 Å². The van der Waals surface area contributed by atoms with Crippen LogP contribution in [0.15, 0.2) is 48.5 Å². The third-order valence-corrected chi connectivity index (χ3v) is 20.3. The Kier molecular flexibility index (Phi) is 17.0. The van der Waals surface area contributed by atoms with Gasteiger partial charge in [0.1, 0.15) is 0 Å². The van der Waals surface area contributed by atoms with Crippen LogP contribution in [0.5, 0.6) is 0 Å². The normalized spacial score (nSPS) is 13.9. The Morgan fingerprint density at radius 2 is 0.894 bits per heavy atom. The minimum atomic E-state index is -2.89. The summed E-state index contributed by atoms with van der Waals surface area (Å²) in [6.45, 7) is 15.4. The highest BCUT2D eigenvalue weighted by molar-refractivity contribution is 9.09. The molecule has 15 heteroatoms. The minimum Gasteiger partial charge on any atom is -0.374 e. The van der Waals surface area contributed by atoms with Gasteiger partial charge in [0, 0.05) is 75.1 Å². The smallest absolute Gasteiger partial charge is 0.374 e. The summed E-state index contributed by atoms with van der Waals surface area (Å²) in [5.41, 5.74) is 2.07. The summed E-state index contributed by atoms with van der Waals surface area (Å²) in [5, 5.41) is 2.21. The number of hydrogen-bond donors (Lipinski definition) is 0. The van der Waals surface area contributed by atoms with Crippen LogP contribution in [-0.2, 0) is 26.6 Å². The molecular formula is C32H48N2O6S5Si2. The fraction of sp³-hybridized carbons (Fsp3) is 0.562. The Morgan fingerprint density at radius 3 is 1.21 bits per heavy atom. The first kappa shape index (κ1) is 39.3. The van der Waals surface area contributed by atoms with E-state index in [1.807, 2.05) is 85.1 Å². The quantitative estimate of drug-likeness (QED) is 0.0388. The molecule has 260 valence electrons. The predicted octanol–water partition coefficient (Wildman–Crippen LogP) is 9.90. The largest absolute Gasteiger partial charge is 0.501 e. The molecular weight excluding hydrogens is 725 g/mol. The average molecular weight is 773 g/mol. The van der Waals surface area contributed by atoms with E-state index in [9.17, 15) is 0 Å². The van der Waals surface area contributed by atoms with Gasteiger partial charge >= 0.3 is 17.6 Å². The Bertz CT molecular complexity index is 1270. The Balaban J connectivity index is 1.51. The van der Waals surface area contributed by atoms with Crippen molar-refractivity contribution in [2.45, 2.75) is 65.5 Å². The molecule has 0 aliphatic carbocycles. The van der Waals surface area contributed by atoms with Crippen molar-refractivity contribution in [1.82, 2.24) is 9.97 Å². The van der Waals surface area contributed by atoms with Gasteiger partial charge in [0.2, 0.25) is 0 Å². The maximum Gasteiger partial charge on any atom is 0.501 e. The van der Waals surface area contributed by atoms with Crippen LogP contribution in [0.25, 0.3) is 20.4 Å². The van der Waals surface area contributed by atoms with Crippen molar-refractivity contribution in [1.29, 1.82) is 0 Å². The maximum atomic E-state index is 6.29. The fourth-order valence-corrected chi connectivity index (χ4v) is 18.3. The number of thiazole rings is 2. The number of fused-ring (bicyclic) bond motifs is 2. The summed E-state index contributed by atoms with van der Waals surface area (Å²) >= 11 is 3.52. The van der Waals surface area contributed by atoms with Crippen molar-refractivity contribution in [3.63, 3.8) is 0 Å². The molecule has 2 atom stereocenters. The van der Waals surface area contributed by atoms with E-state index in [0.717, 1.165) is 32.6 Å². The van der Waals surface area contributed by atoms with Crippen LogP contribution in [-0.4, -0.2) is 78.7 Å². The highest BCUT2D eigenvalue weighted by Crippen LogP contribution is 2.45. The fourth-order valence-electron chi connectivity index (χ4n) is 5.34. The minimum absolute atomic E-state index is 0.135. The van der Waals surface area contributed by atoms with Gasteiger partial charge in [0.05, 0.1) is 30.4 Å². The molecule has 4 rings (SSSR count). The van der Waals surface area contributed by atoms with E-state index in [1.165, 1.54) is 9.40 Å². The van der Waals surface area contributed by atoms with Crippen molar-refractivity contribution in [3.8, 4) is 0 Å². The second-order valence-corrected chi connectivity index (χ2v) is 22.2. The molecule has 0 saturated carbocycles. The molecule has 8 nitrogen and oxygen atoms in total. The van der Waals surface area contributed by atoms with Crippen LogP contribution in [0.3, 0.4) is 0 Å². The molecule has 0 spiro atoms. The van der Waals surface area contributed by atoms with Gasteiger partial charge in [-0.3, -0.25) is 0 Å². The number of aromatic nitrogens is 2. The Morgan fingerprint density at radius 1 is 0.553 bits per heavy atom. The summed E-state index contributed by atoms with van der Waals surface area (Å²) in [4.78, 5) is 10.1. The number of hydrogen-bond acceptors (Lipinski definition) is 13. The molecule has 0 N–H and O–H groups in total. The highest BCUT2D eigenvalue weighted by atomic mass is 33.5. The lowest BCUT2D eigenvalue weighted by molar-refractivity contribution is 0.0691. The van der Waals surface area contributed by atoms with Gasteiger partial charge in [-0.2, -0.15) is 0 Å². The number of para-hydroxylation sites is 2. The summed E-state index contributed by atoms with van der Waals surface area (Å²) in [6, 6.07) is 18.1. The molecule has 2 unspecified atom stereocenters. The third kappa shape index (κ3) is 11.2. The van der Waals surface area contributed by atoms with Crippen LogP contribution >= 0.6 is 54.1 Å². The summed E-state index contributed by atoms with van der Waals surface area (Å²) in [5.74, 6) is 1.99. The van der Waals surface area contributed by atoms with E-state index in [4.69, 9.17) is 36.5 Å². The summed E-state index contributed by atoms with van der Waals surface area (Å²) in [7, 11) is -0.262. The molecule has 4 aromatic rings. The molecule has 0 bridgehead atoms. The van der Waals surface area contributed by atoms with Gasteiger partial charge in [-0.25, -0.2) is 9.97 Å². The second kappa shape index (κ2) is 20.3. The van der Waals surface area contributed by atoms with E-state index in [2.05, 4.69) is 36.4 Å². The van der Waals surface area contributed by atoms with E-state index < -0.39 is 17.6 Å². The zero-order chi connectivity index (χ0) is 33.5. The van der Waals surface area contributed by atoms with Crippen LogP contribution in [0.1, 0.15) is 63.4 Å². The predicted molar refractivity (Wildman–Crippen MR) is 208 cm³/mol. The van der Waals surface area contributed by atoms with E-state index >= 15 is 0 Å². The van der Waals surface area contributed by atoms with E-state index in [0.29, 0.717) is 51.7 Å². The standard InChI is InChI=1S/C32H48N2O6S5Si2/c1-7-35-46(36-8-2,37-9-3)23-25(31-33-27-17-13-15-19-29(27)43-31)21-41-45-42-22-26(24-47(38-10-4,39-11-5)40-12-6)32-34-28-18-14-16-20-30(28)44-32/h13-20,25-26H,7-12,21-24H2,1-6H3. The topological polar surface area (TPSA) is 81.2 Å². The molecule has 0 amide bonds. The molecule has 0 aliphatic heterocycles. The lowest BCUT2D eigenvalue weighted by atomic mass is 10.2. The highest BCUT2D eigenvalue weighted by Gasteiger charge is 2.45. The molecule has 47 heavy (non-hydrogen) atoms. The first-order valence-corrected chi connectivity index (χ1v) is 25.7. The van der Waals surface area contributed by atoms with Crippen molar-refractivity contribution >= 4 is 92.1 Å². The maximum absolute atomic E-state index is 6.29. The van der Waals surface area contributed by atoms with Crippen LogP contribution in [0.4, 0.5) is 0 Å². The molecule has 0 fully saturated rings. The van der Waals surface area contributed by atoms with Gasteiger partial charge in [0.25, 0.3) is 0 Å². The molecule has 2 heterocycles. The average Bonchev–Trinajstić information content (AvgIpc) is 3.69. The Hall–Kier alpha value is -0.536. The third-order valence-electron chi connectivity index (χ3n) is 7.13. The van der Waals surface area contributed by atoms with Crippen LogP contribution in [0, 0.1) is 0 Å². The van der Waals surface area contributed by atoms with Crippen molar-refractivity contribution in [3.05, 3.63) is 58.5 Å². The molecule has 0 aliphatic rings.